The van der Waals surface area contributed by atoms with Crippen molar-refractivity contribution in [1.82, 2.24) is 10.3 Å². The normalized spacial score (nSPS) is 11.9. The summed E-state index contributed by atoms with van der Waals surface area (Å²) in [7, 11) is 0. The van der Waals surface area contributed by atoms with Crippen LogP contribution in [0.3, 0.4) is 0 Å². The molecule has 1 atom stereocenters. The molecule has 8 nitrogen and oxygen atoms in total. The summed E-state index contributed by atoms with van der Waals surface area (Å²) < 4.78 is 16.8. The van der Waals surface area contributed by atoms with Gasteiger partial charge < -0.3 is 24.2 Å². The Bertz CT molecular complexity index is 1960. The first-order valence-electron chi connectivity index (χ1n) is 13.2. The molecule has 0 unspecified atom stereocenters. The summed E-state index contributed by atoms with van der Waals surface area (Å²) in [5, 5.41) is 5.56. The lowest BCUT2D eigenvalue weighted by atomic mass is 10.0. The smallest absolute Gasteiger partial charge is 0.408 e. The fourth-order valence-electron chi connectivity index (χ4n) is 4.97. The average molecular weight is 547 g/mol. The van der Waals surface area contributed by atoms with Crippen molar-refractivity contribution >= 4 is 44.7 Å². The maximum atomic E-state index is 13.6. The molecule has 0 spiro atoms. The van der Waals surface area contributed by atoms with Gasteiger partial charge in [0.2, 0.25) is 0 Å². The van der Waals surface area contributed by atoms with Gasteiger partial charge in [-0.25, -0.2) is 14.4 Å². The average Bonchev–Trinajstić information content (AvgIpc) is 3.41. The van der Waals surface area contributed by atoms with Crippen LogP contribution < -0.4 is 15.7 Å². The van der Waals surface area contributed by atoms with Gasteiger partial charge in [-0.3, -0.25) is 0 Å². The number of amides is 1. The zero-order valence-corrected chi connectivity index (χ0v) is 22.2. The van der Waals surface area contributed by atoms with Crippen molar-refractivity contribution in [3.05, 3.63) is 124 Å². The molecule has 0 aliphatic heterocycles. The molecule has 6 rings (SSSR count). The number of carbonyl (C=O) groups excluding carboxylic acids is 2. The molecule has 2 N–H and O–H groups in total. The topological polar surface area (TPSA) is 111 Å². The zero-order chi connectivity index (χ0) is 28.3. The molecule has 41 heavy (non-hydrogen) atoms. The van der Waals surface area contributed by atoms with Gasteiger partial charge in [-0.1, -0.05) is 66.7 Å². The van der Waals surface area contributed by atoms with E-state index >= 15 is 0 Å². The van der Waals surface area contributed by atoms with Crippen molar-refractivity contribution in [2.45, 2.75) is 26.0 Å². The lowest BCUT2D eigenvalue weighted by Crippen LogP contribution is -2.44. The number of H-pyrrole nitrogens is 1. The van der Waals surface area contributed by atoms with Crippen molar-refractivity contribution in [1.29, 1.82) is 0 Å². The van der Waals surface area contributed by atoms with Gasteiger partial charge in [0, 0.05) is 34.5 Å². The second-order valence-electron chi connectivity index (χ2n) is 9.74. The molecule has 0 fully saturated rings. The fraction of sp³-hybridized carbons (Fsp3) is 0.121. The molecule has 0 radical (unpaired) electrons. The fourth-order valence-corrected chi connectivity index (χ4v) is 4.97. The minimum atomic E-state index is -1.06. The van der Waals surface area contributed by atoms with E-state index in [1.165, 1.54) is 0 Å². The number of aromatic amines is 1. The van der Waals surface area contributed by atoms with E-state index in [9.17, 15) is 14.4 Å². The summed E-state index contributed by atoms with van der Waals surface area (Å²) >= 11 is 0. The van der Waals surface area contributed by atoms with Crippen LogP contribution in [0.1, 0.15) is 16.7 Å². The van der Waals surface area contributed by atoms with E-state index in [0.29, 0.717) is 16.5 Å². The first-order valence-corrected chi connectivity index (χ1v) is 13.2. The third-order valence-electron chi connectivity index (χ3n) is 7.09. The quantitative estimate of drug-likeness (QED) is 0.107. The van der Waals surface area contributed by atoms with E-state index in [2.05, 4.69) is 10.3 Å². The number of ether oxygens (including phenoxy) is 2. The van der Waals surface area contributed by atoms with Gasteiger partial charge in [-0.2, -0.15) is 0 Å². The van der Waals surface area contributed by atoms with Crippen molar-refractivity contribution in [3.63, 3.8) is 0 Å². The van der Waals surface area contributed by atoms with Gasteiger partial charge in [0.25, 0.3) is 0 Å². The summed E-state index contributed by atoms with van der Waals surface area (Å²) in [5.41, 5.74) is 2.92. The number of carbonyl (C=O) groups is 2. The molecule has 2 aromatic heterocycles. The van der Waals surface area contributed by atoms with Crippen LogP contribution in [0.4, 0.5) is 4.79 Å². The van der Waals surface area contributed by atoms with Gasteiger partial charge in [-0.05, 0) is 47.7 Å². The van der Waals surface area contributed by atoms with E-state index in [-0.39, 0.29) is 18.8 Å². The van der Waals surface area contributed by atoms with Gasteiger partial charge in [-0.15, -0.1) is 0 Å². The molecule has 4 aromatic carbocycles. The Kier molecular flexibility index (Phi) is 6.95. The predicted octanol–water partition coefficient (Wildman–Crippen LogP) is 6.18. The van der Waals surface area contributed by atoms with Gasteiger partial charge in [0.05, 0.1) is 5.39 Å². The Morgan fingerprint density at radius 3 is 2.37 bits per heavy atom. The SMILES string of the molecule is Cc1c(OC(=O)[C@@H](Cc2c[nH]c3ccccc23)NC(=O)OCc2ccccc2)ccc2c1oc(=O)c1ccccc12. The number of para-hydroxylation sites is 1. The Labute approximate surface area is 234 Å². The van der Waals surface area contributed by atoms with Gasteiger partial charge in [0.1, 0.15) is 24.0 Å². The summed E-state index contributed by atoms with van der Waals surface area (Å²) in [5.74, 6) is -0.457. The number of nitrogens with one attached hydrogen (secondary N) is 2. The number of aryl methyl sites for hydroxylation is 1. The summed E-state index contributed by atoms with van der Waals surface area (Å²) in [6.07, 6.45) is 1.22. The molecule has 0 aliphatic rings. The van der Waals surface area contributed by atoms with Crippen LogP contribution in [-0.2, 0) is 22.6 Å². The summed E-state index contributed by atoms with van der Waals surface area (Å²) in [6, 6.07) is 26.5. The molecular formula is C33H26N2O6. The van der Waals surface area contributed by atoms with Crippen LogP contribution in [0.2, 0.25) is 0 Å². The third kappa shape index (κ3) is 5.27. The highest BCUT2D eigenvalue weighted by atomic mass is 16.6. The van der Waals surface area contributed by atoms with Gasteiger partial charge >= 0.3 is 17.7 Å². The maximum Gasteiger partial charge on any atom is 0.408 e. The molecule has 6 aromatic rings. The molecule has 204 valence electrons. The number of esters is 1. The lowest BCUT2D eigenvalue weighted by molar-refractivity contribution is -0.136. The molecule has 0 saturated heterocycles. The Morgan fingerprint density at radius 1 is 0.854 bits per heavy atom. The Morgan fingerprint density at radius 2 is 1.56 bits per heavy atom. The van der Waals surface area contributed by atoms with Crippen molar-refractivity contribution < 1.29 is 23.5 Å². The molecular weight excluding hydrogens is 520 g/mol. The Balaban J connectivity index is 1.28. The van der Waals surface area contributed by atoms with Crippen LogP contribution >= 0.6 is 0 Å². The number of rotatable bonds is 7. The van der Waals surface area contributed by atoms with Crippen LogP contribution in [-0.4, -0.2) is 23.1 Å². The van der Waals surface area contributed by atoms with Crippen molar-refractivity contribution in [3.8, 4) is 5.75 Å². The van der Waals surface area contributed by atoms with Crippen LogP contribution in [0, 0.1) is 6.92 Å². The van der Waals surface area contributed by atoms with E-state index in [1.54, 1.807) is 31.2 Å². The first-order chi connectivity index (χ1) is 20.0. The number of aromatic nitrogens is 1. The monoisotopic (exact) mass is 546 g/mol. The molecule has 1 amide bonds. The number of hydrogen-bond donors (Lipinski definition) is 2. The summed E-state index contributed by atoms with van der Waals surface area (Å²) in [4.78, 5) is 42.1. The highest BCUT2D eigenvalue weighted by Crippen LogP contribution is 2.31. The van der Waals surface area contributed by atoms with Crippen LogP contribution in [0.25, 0.3) is 32.6 Å². The second-order valence-corrected chi connectivity index (χ2v) is 9.74. The molecule has 0 aliphatic carbocycles. The minimum Gasteiger partial charge on any atom is -0.445 e. The minimum absolute atomic E-state index is 0.0539. The Hall–Kier alpha value is -5.37. The number of hydrogen-bond acceptors (Lipinski definition) is 6. The third-order valence-corrected chi connectivity index (χ3v) is 7.09. The second kappa shape index (κ2) is 11.0. The number of benzene rings is 4. The molecule has 8 heteroatoms. The van der Waals surface area contributed by atoms with E-state index in [1.807, 2.05) is 72.9 Å². The van der Waals surface area contributed by atoms with Crippen LogP contribution in [0.15, 0.2) is 106 Å². The standard InChI is InChI=1S/C33H26N2O6/c1-20-29(16-15-25-24-12-5-6-13-26(24)31(36)41-30(20)25)40-32(37)28(17-22-18-34-27-14-8-7-11-23(22)27)35-33(38)39-19-21-9-3-2-4-10-21/h2-16,18,28,34H,17,19H2,1H3,(H,35,38)/t28-/m1/s1. The largest absolute Gasteiger partial charge is 0.445 e. The molecule has 0 bridgehead atoms. The van der Waals surface area contributed by atoms with E-state index in [4.69, 9.17) is 13.9 Å². The predicted molar refractivity (Wildman–Crippen MR) is 156 cm³/mol. The van der Waals surface area contributed by atoms with Crippen LogP contribution in [0.5, 0.6) is 5.75 Å². The highest BCUT2D eigenvalue weighted by molar-refractivity contribution is 6.05. The van der Waals surface area contributed by atoms with Gasteiger partial charge in [0.15, 0.2) is 0 Å². The molecule has 2 heterocycles. The summed E-state index contributed by atoms with van der Waals surface area (Å²) in [6.45, 7) is 1.77. The van der Waals surface area contributed by atoms with E-state index in [0.717, 1.165) is 32.8 Å². The zero-order valence-electron chi connectivity index (χ0n) is 22.2. The number of alkyl carbamates (subject to hydrolysis) is 1. The number of fused-ring (bicyclic) bond motifs is 4. The maximum absolute atomic E-state index is 13.6. The van der Waals surface area contributed by atoms with Crippen molar-refractivity contribution in [2.75, 3.05) is 0 Å². The highest BCUT2D eigenvalue weighted by Gasteiger charge is 2.26. The van der Waals surface area contributed by atoms with Crippen molar-refractivity contribution in [2.24, 2.45) is 0 Å². The lowest BCUT2D eigenvalue weighted by Gasteiger charge is -2.18. The van der Waals surface area contributed by atoms with E-state index < -0.39 is 23.7 Å². The first kappa shape index (κ1) is 25.9. The molecule has 0 saturated carbocycles.